The highest BCUT2D eigenvalue weighted by Gasteiger charge is 2.56. The van der Waals surface area contributed by atoms with Crippen molar-refractivity contribution >= 4 is 22.5 Å². The molecule has 5 atom stereocenters. The maximum Gasteiger partial charge on any atom is 0.261 e. The van der Waals surface area contributed by atoms with E-state index in [2.05, 4.69) is 48.2 Å². The maximum atomic E-state index is 15.6. The first-order valence-electron chi connectivity index (χ1n) is 14.9. The molecule has 2 aromatic carbocycles. The summed E-state index contributed by atoms with van der Waals surface area (Å²) in [7, 11) is 0. The van der Waals surface area contributed by atoms with Gasteiger partial charge in [0.1, 0.15) is 11.6 Å². The lowest BCUT2D eigenvalue weighted by Crippen LogP contribution is -2.57. The first-order chi connectivity index (χ1) is 19.6. The summed E-state index contributed by atoms with van der Waals surface area (Å²) in [6, 6.07) is 9.57. The smallest absolute Gasteiger partial charge is 0.261 e. The number of hydrogen-bond acceptors (Lipinski definition) is 4. The van der Waals surface area contributed by atoms with Crippen LogP contribution < -0.4 is 16.2 Å². The van der Waals surface area contributed by atoms with E-state index in [4.69, 9.17) is 4.99 Å². The first kappa shape index (κ1) is 27.8. The van der Waals surface area contributed by atoms with E-state index in [9.17, 15) is 9.18 Å². The highest BCUT2D eigenvalue weighted by molar-refractivity contribution is 5.96. The largest absolute Gasteiger partial charge is 0.340 e. The number of anilines is 1. The predicted molar refractivity (Wildman–Crippen MR) is 159 cm³/mol. The van der Waals surface area contributed by atoms with Crippen LogP contribution in [-0.2, 0) is 13.0 Å². The highest BCUT2D eigenvalue weighted by atomic mass is 19.1. The second-order valence-corrected chi connectivity index (χ2v) is 12.9. The summed E-state index contributed by atoms with van der Waals surface area (Å²) >= 11 is 0. The van der Waals surface area contributed by atoms with Crippen LogP contribution >= 0.6 is 0 Å². The molecule has 2 heterocycles. The predicted octanol–water partition coefficient (Wildman–Crippen LogP) is 5.05. The Morgan fingerprint density at radius 3 is 2.66 bits per heavy atom. The quantitative estimate of drug-likeness (QED) is 0.336. The molecular formula is C32H40F2N6O. The first-order valence-corrected chi connectivity index (χ1v) is 14.9. The van der Waals surface area contributed by atoms with Gasteiger partial charge in [-0.1, -0.05) is 32.9 Å². The van der Waals surface area contributed by atoms with Gasteiger partial charge in [-0.2, -0.15) is 0 Å². The van der Waals surface area contributed by atoms with Gasteiger partial charge in [0.15, 0.2) is 5.96 Å². The van der Waals surface area contributed by atoms with Gasteiger partial charge in [-0.15, -0.1) is 0 Å². The molecule has 1 aromatic heterocycles. The molecule has 1 saturated heterocycles. The molecule has 1 aliphatic heterocycles. The number of fused-ring (bicyclic) bond motifs is 3. The van der Waals surface area contributed by atoms with Crippen molar-refractivity contribution in [1.29, 1.82) is 0 Å². The molecule has 218 valence electrons. The van der Waals surface area contributed by atoms with Crippen LogP contribution in [0.25, 0.3) is 10.9 Å². The Morgan fingerprint density at radius 2 is 1.95 bits per heavy atom. The van der Waals surface area contributed by atoms with Crippen molar-refractivity contribution in [3.63, 3.8) is 0 Å². The normalized spacial score (nSPS) is 27.5. The van der Waals surface area contributed by atoms with Crippen molar-refractivity contribution in [2.75, 3.05) is 25.0 Å². The van der Waals surface area contributed by atoms with Crippen molar-refractivity contribution in [1.82, 2.24) is 19.8 Å². The molecule has 0 spiro atoms. The van der Waals surface area contributed by atoms with Gasteiger partial charge in [0.05, 0.1) is 29.0 Å². The lowest BCUT2D eigenvalue weighted by atomic mass is 9.45. The van der Waals surface area contributed by atoms with Crippen LogP contribution in [0.3, 0.4) is 0 Å². The second kappa shape index (κ2) is 10.8. The Bertz CT molecular complexity index is 1520. The number of guanidine groups is 1. The zero-order valence-electron chi connectivity index (χ0n) is 24.3. The Kier molecular flexibility index (Phi) is 7.34. The summed E-state index contributed by atoms with van der Waals surface area (Å²) in [6.07, 6.45) is 4.37. The number of halogens is 2. The van der Waals surface area contributed by atoms with Gasteiger partial charge in [-0.3, -0.25) is 9.36 Å². The number of hydrogen-bond donors (Lipinski definition) is 2. The zero-order valence-corrected chi connectivity index (χ0v) is 24.3. The molecule has 0 amide bonds. The van der Waals surface area contributed by atoms with E-state index in [1.807, 2.05) is 0 Å². The van der Waals surface area contributed by atoms with Crippen LogP contribution in [0.2, 0.25) is 0 Å². The summed E-state index contributed by atoms with van der Waals surface area (Å²) < 4.78 is 30.3. The van der Waals surface area contributed by atoms with Crippen LogP contribution in [0.15, 0.2) is 52.5 Å². The molecule has 2 N–H and O–H groups in total. The van der Waals surface area contributed by atoms with Crippen LogP contribution in [0.1, 0.15) is 46.1 Å². The van der Waals surface area contributed by atoms with Gasteiger partial charge in [-0.05, 0) is 79.2 Å². The molecule has 3 aromatic rings. The third-order valence-electron chi connectivity index (χ3n) is 9.98. The molecular weight excluding hydrogens is 522 g/mol. The van der Waals surface area contributed by atoms with Crippen molar-refractivity contribution in [2.45, 2.75) is 65.6 Å². The molecule has 4 fully saturated rings. The van der Waals surface area contributed by atoms with Crippen molar-refractivity contribution in [3.8, 4) is 0 Å². The van der Waals surface area contributed by atoms with E-state index < -0.39 is 5.82 Å². The van der Waals surface area contributed by atoms with Gasteiger partial charge in [0, 0.05) is 32.2 Å². The molecule has 9 heteroatoms. The van der Waals surface area contributed by atoms with Gasteiger partial charge in [0.25, 0.3) is 5.56 Å². The number of benzene rings is 2. The van der Waals surface area contributed by atoms with E-state index in [0.29, 0.717) is 53.7 Å². The summed E-state index contributed by atoms with van der Waals surface area (Å²) in [6.45, 7) is 12.0. The molecule has 2 bridgehead atoms. The SMILES string of the molecule is CC1[C@@H](N=C(Nc2cc3ncn(CCc4ccc(F)cc4)c(=O)c3cc2F)N2CCN[C@@H](C)C2)C[C@H]2C[C@@H]1C2(C)C. The standard InChI is InChI=1S/C32H40F2N6O/c1-19-17-39(12-10-35-19)31(37-27-14-22-13-25(20(27)2)32(22,3)4)38-29-16-28-24(15-26(29)34)30(41)40(18-36-28)11-9-21-5-7-23(33)8-6-21/h5-8,15-16,18-20,22,25,27,35H,9-14,17H2,1-4H3,(H,37,38)/t19-,20?,22+,25-,27-/m0/s1. The summed E-state index contributed by atoms with van der Waals surface area (Å²) in [5, 5.41) is 7.03. The fourth-order valence-electron chi connectivity index (χ4n) is 7.22. The van der Waals surface area contributed by atoms with Crippen molar-refractivity contribution < 1.29 is 8.78 Å². The lowest BCUT2D eigenvalue weighted by molar-refractivity contribution is -0.108. The van der Waals surface area contributed by atoms with Crippen LogP contribution in [0, 0.1) is 34.8 Å². The van der Waals surface area contributed by atoms with Crippen LogP contribution in [0.4, 0.5) is 14.5 Å². The maximum absolute atomic E-state index is 15.6. The second-order valence-electron chi connectivity index (χ2n) is 12.9. The fraction of sp³-hybridized carbons (Fsp3) is 0.531. The van der Waals surface area contributed by atoms with E-state index in [0.717, 1.165) is 31.6 Å². The molecule has 1 unspecified atom stereocenters. The third kappa shape index (κ3) is 5.36. The van der Waals surface area contributed by atoms with Crippen molar-refractivity contribution in [3.05, 3.63) is 70.3 Å². The van der Waals surface area contributed by atoms with Crippen LogP contribution in [0.5, 0.6) is 0 Å². The average Bonchev–Trinajstić information content (AvgIpc) is 2.94. The Balaban J connectivity index is 1.27. The number of aliphatic imine (C=N–C) groups is 1. The minimum Gasteiger partial charge on any atom is -0.340 e. The fourth-order valence-corrected chi connectivity index (χ4v) is 7.22. The molecule has 7 nitrogen and oxygen atoms in total. The third-order valence-corrected chi connectivity index (χ3v) is 9.98. The minimum atomic E-state index is -0.510. The number of nitrogens with zero attached hydrogens (tertiary/aromatic N) is 4. The number of rotatable bonds is 5. The monoisotopic (exact) mass is 562 g/mol. The topological polar surface area (TPSA) is 74.5 Å². The molecule has 0 radical (unpaired) electrons. The van der Waals surface area contributed by atoms with Gasteiger partial charge >= 0.3 is 0 Å². The summed E-state index contributed by atoms with van der Waals surface area (Å²) in [5.41, 5.74) is 1.67. The minimum absolute atomic E-state index is 0.189. The Labute approximate surface area is 240 Å². The van der Waals surface area contributed by atoms with E-state index in [-0.39, 0.29) is 28.5 Å². The van der Waals surface area contributed by atoms with E-state index in [1.54, 1.807) is 18.2 Å². The Hall–Kier alpha value is -3.33. The summed E-state index contributed by atoms with van der Waals surface area (Å²) in [4.78, 5) is 25.2. The zero-order chi connectivity index (χ0) is 28.9. The van der Waals surface area contributed by atoms with Gasteiger partial charge in [0.2, 0.25) is 0 Å². The number of nitrogens with one attached hydrogen (secondary N) is 2. The molecule has 41 heavy (non-hydrogen) atoms. The van der Waals surface area contributed by atoms with E-state index >= 15 is 4.39 Å². The summed E-state index contributed by atoms with van der Waals surface area (Å²) in [5.74, 6) is 1.68. The molecule has 7 rings (SSSR count). The number of aromatic nitrogens is 2. The molecule has 3 aliphatic carbocycles. The average molecular weight is 563 g/mol. The highest BCUT2D eigenvalue weighted by Crippen LogP contribution is 2.61. The number of piperazine rings is 1. The molecule has 4 aliphatic rings. The lowest BCUT2D eigenvalue weighted by Gasteiger charge is -2.61. The molecule has 3 saturated carbocycles. The Morgan fingerprint density at radius 1 is 1.17 bits per heavy atom. The number of aryl methyl sites for hydroxylation is 2. The van der Waals surface area contributed by atoms with E-state index in [1.165, 1.54) is 35.5 Å². The van der Waals surface area contributed by atoms with Gasteiger partial charge < -0.3 is 15.5 Å². The van der Waals surface area contributed by atoms with Crippen molar-refractivity contribution in [2.24, 2.45) is 28.2 Å². The van der Waals surface area contributed by atoms with Crippen LogP contribution in [-0.4, -0.2) is 52.1 Å². The van der Waals surface area contributed by atoms with Gasteiger partial charge in [-0.25, -0.2) is 18.8 Å².